The molecule has 0 saturated heterocycles. The number of hydrogen-bond donors (Lipinski definition) is 4. The monoisotopic (exact) mass is 370 g/mol. The zero-order chi connectivity index (χ0) is 18.9. The highest BCUT2D eigenvalue weighted by Crippen LogP contribution is 2.27. The molecule has 7 nitrogen and oxygen atoms in total. The molecule has 28 heavy (non-hydrogen) atoms. The molecule has 0 atom stereocenters. The molecule has 5 aromatic rings. The Morgan fingerprint density at radius 2 is 1.96 bits per heavy atom. The van der Waals surface area contributed by atoms with Gasteiger partial charge in [0.15, 0.2) is 0 Å². The number of carbonyl (C=O) groups excluding carboxylic acids is 1. The number of aromatic amines is 3. The van der Waals surface area contributed by atoms with Crippen molar-refractivity contribution in [3.63, 3.8) is 0 Å². The fourth-order valence-electron chi connectivity index (χ4n) is 3.52. The number of nitrogens with one attached hydrogen (secondary N) is 4. The lowest BCUT2D eigenvalue weighted by molar-refractivity contribution is 0.0954. The minimum Gasteiger partial charge on any atom is -0.361 e. The van der Waals surface area contributed by atoms with Crippen LogP contribution in [-0.4, -0.2) is 37.6 Å². The number of hydrogen-bond acceptors (Lipinski definition) is 3. The molecule has 1 amide bonds. The molecular weight excluding hydrogens is 352 g/mol. The Morgan fingerprint density at radius 3 is 2.86 bits per heavy atom. The van der Waals surface area contributed by atoms with Gasteiger partial charge in [0.25, 0.3) is 5.91 Å². The Morgan fingerprint density at radius 1 is 1.04 bits per heavy atom. The maximum atomic E-state index is 12.6. The second-order valence-electron chi connectivity index (χ2n) is 6.67. The molecule has 0 fully saturated rings. The number of aromatic nitrogens is 5. The fourth-order valence-corrected chi connectivity index (χ4v) is 3.52. The molecule has 0 radical (unpaired) electrons. The van der Waals surface area contributed by atoms with Crippen LogP contribution < -0.4 is 5.32 Å². The SMILES string of the molecule is O=C(NCCc1c[nH]c2ccccc12)c1cnc2[nH]cc(-c3cn[nH]c3)c2c1. The van der Waals surface area contributed by atoms with Crippen LogP contribution in [0.3, 0.4) is 0 Å². The Kier molecular flexibility index (Phi) is 3.90. The van der Waals surface area contributed by atoms with Crippen LogP contribution in [0.4, 0.5) is 0 Å². The second kappa shape index (κ2) is 6.70. The lowest BCUT2D eigenvalue weighted by Gasteiger charge is -2.05. The highest BCUT2D eigenvalue weighted by Gasteiger charge is 2.12. The maximum Gasteiger partial charge on any atom is 0.252 e. The largest absolute Gasteiger partial charge is 0.361 e. The number of fused-ring (bicyclic) bond motifs is 2. The standard InChI is InChI=1S/C21H18N6O/c28-21(22-6-5-13-8-23-19-4-2-1-3-16(13)19)14-7-17-18(15-10-26-27-11-15)12-25-20(17)24-9-14/h1-4,7-12,23H,5-6H2,(H,22,28)(H,24,25)(H,26,27). The van der Waals surface area contributed by atoms with Crippen LogP contribution in [0.25, 0.3) is 33.1 Å². The predicted octanol–water partition coefficient (Wildman–Crippen LogP) is 3.41. The first-order valence-corrected chi connectivity index (χ1v) is 9.09. The van der Waals surface area contributed by atoms with Gasteiger partial charge in [-0.05, 0) is 24.1 Å². The van der Waals surface area contributed by atoms with E-state index in [0.29, 0.717) is 12.1 Å². The first-order valence-electron chi connectivity index (χ1n) is 9.09. The van der Waals surface area contributed by atoms with Gasteiger partial charge in [0.2, 0.25) is 0 Å². The predicted molar refractivity (Wildman–Crippen MR) is 108 cm³/mol. The summed E-state index contributed by atoms with van der Waals surface area (Å²) < 4.78 is 0. The van der Waals surface area contributed by atoms with Crippen LogP contribution >= 0.6 is 0 Å². The summed E-state index contributed by atoms with van der Waals surface area (Å²) in [5.74, 6) is -0.131. The van der Waals surface area contributed by atoms with Crippen LogP contribution in [0.1, 0.15) is 15.9 Å². The zero-order valence-electron chi connectivity index (χ0n) is 15.0. The van der Waals surface area contributed by atoms with Gasteiger partial charge in [-0.2, -0.15) is 5.10 Å². The van der Waals surface area contributed by atoms with Crippen LogP contribution in [0.5, 0.6) is 0 Å². The number of amides is 1. The van der Waals surface area contributed by atoms with E-state index in [0.717, 1.165) is 34.1 Å². The quantitative estimate of drug-likeness (QED) is 0.381. The molecule has 4 aromatic heterocycles. The molecule has 138 valence electrons. The Hall–Kier alpha value is -3.87. The second-order valence-corrected chi connectivity index (χ2v) is 6.67. The van der Waals surface area contributed by atoms with Crippen molar-refractivity contribution in [3.05, 3.63) is 72.4 Å². The van der Waals surface area contributed by atoms with Gasteiger partial charge >= 0.3 is 0 Å². The third-order valence-electron chi connectivity index (χ3n) is 4.96. The highest BCUT2D eigenvalue weighted by molar-refractivity contribution is 6.00. The number of nitrogens with zero attached hydrogens (tertiary/aromatic N) is 2. The number of benzene rings is 1. The van der Waals surface area contributed by atoms with E-state index < -0.39 is 0 Å². The summed E-state index contributed by atoms with van der Waals surface area (Å²) in [5, 5.41) is 11.9. The average molecular weight is 370 g/mol. The lowest BCUT2D eigenvalue weighted by atomic mass is 10.1. The van der Waals surface area contributed by atoms with Crippen molar-refractivity contribution in [1.82, 2.24) is 30.5 Å². The van der Waals surface area contributed by atoms with Crippen molar-refractivity contribution in [2.45, 2.75) is 6.42 Å². The van der Waals surface area contributed by atoms with E-state index >= 15 is 0 Å². The fraction of sp³-hybridized carbons (Fsp3) is 0.0952. The molecule has 0 aliphatic rings. The number of para-hydroxylation sites is 1. The van der Waals surface area contributed by atoms with E-state index in [2.05, 4.69) is 36.5 Å². The van der Waals surface area contributed by atoms with E-state index in [-0.39, 0.29) is 5.91 Å². The maximum absolute atomic E-state index is 12.6. The number of carbonyl (C=O) groups is 1. The van der Waals surface area contributed by atoms with Gasteiger partial charge in [-0.15, -0.1) is 0 Å². The Balaban J connectivity index is 1.32. The van der Waals surface area contributed by atoms with Crippen molar-refractivity contribution >= 4 is 27.8 Å². The van der Waals surface area contributed by atoms with Gasteiger partial charge < -0.3 is 15.3 Å². The molecule has 1 aromatic carbocycles. The molecule has 0 aliphatic heterocycles. The Bertz CT molecular complexity index is 1260. The van der Waals surface area contributed by atoms with Gasteiger partial charge in [0.1, 0.15) is 5.65 Å². The summed E-state index contributed by atoms with van der Waals surface area (Å²) in [4.78, 5) is 23.4. The van der Waals surface area contributed by atoms with Crippen molar-refractivity contribution in [2.75, 3.05) is 6.54 Å². The molecule has 0 aliphatic carbocycles. The molecule has 0 saturated carbocycles. The third-order valence-corrected chi connectivity index (χ3v) is 4.96. The first kappa shape index (κ1) is 16.3. The molecule has 5 rings (SSSR count). The van der Waals surface area contributed by atoms with E-state index in [1.807, 2.05) is 42.9 Å². The Labute approximate surface area is 160 Å². The van der Waals surface area contributed by atoms with Gasteiger partial charge in [-0.25, -0.2) is 4.98 Å². The van der Waals surface area contributed by atoms with Gasteiger partial charge in [0.05, 0.1) is 11.8 Å². The molecule has 0 spiro atoms. The molecular formula is C21H18N6O. The van der Waals surface area contributed by atoms with Crippen molar-refractivity contribution in [1.29, 1.82) is 0 Å². The summed E-state index contributed by atoms with van der Waals surface area (Å²) in [6.07, 6.45) is 9.80. The zero-order valence-corrected chi connectivity index (χ0v) is 15.0. The average Bonchev–Trinajstić information content (AvgIpc) is 3.47. The molecule has 0 unspecified atom stereocenters. The van der Waals surface area contributed by atoms with Crippen molar-refractivity contribution in [3.8, 4) is 11.1 Å². The van der Waals surface area contributed by atoms with Crippen LogP contribution in [0.2, 0.25) is 0 Å². The van der Waals surface area contributed by atoms with E-state index in [9.17, 15) is 4.79 Å². The van der Waals surface area contributed by atoms with Gasteiger partial charge in [0, 0.05) is 58.7 Å². The van der Waals surface area contributed by atoms with Crippen LogP contribution in [0.15, 0.2) is 61.3 Å². The molecule has 7 heteroatoms. The summed E-state index contributed by atoms with van der Waals surface area (Å²) in [7, 11) is 0. The van der Waals surface area contributed by atoms with Gasteiger partial charge in [-0.3, -0.25) is 9.89 Å². The van der Waals surface area contributed by atoms with Crippen molar-refractivity contribution < 1.29 is 4.79 Å². The molecule has 4 heterocycles. The van der Waals surface area contributed by atoms with E-state index in [1.165, 1.54) is 10.9 Å². The highest BCUT2D eigenvalue weighted by atomic mass is 16.1. The first-order chi connectivity index (χ1) is 13.8. The number of H-pyrrole nitrogens is 3. The molecule has 4 N–H and O–H groups in total. The summed E-state index contributed by atoms with van der Waals surface area (Å²) >= 11 is 0. The summed E-state index contributed by atoms with van der Waals surface area (Å²) in [5.41, 5.74) is 5.49. The number of rotatable bonds is 5. The number of pyridine rings is 1. The summed E-state index contributed by atoms with van der Waals surface area (Å²) in [6.45, 7) is 0.556. The topological polar surface area (TPSA) is 102 Å². The third kappa shape index (κ3) is 2.83. The normalized spacial score (nSPS) is 11.3. The van der Waals surface area contributed by atoms with E-state index in [4.69, 9.17) is 0 Å². The van der Waals surface area contributed by atoms with Crippen LogP contribution in [-0.2, 0) is 6.42 Å². The minimum atomic E-state index is -0.131. The molecule has 0 bridgehead atoms. The van der Waals surface area contributed by atoms with Crippen LogP contribution in [0, 0.1) is 0 Å². The smallest absolute Gasteiger partial charge is 0.252 e. The van der Waals surface area contributed by atoms with Crippen molar-refractivity contribution in [2.24, 2.45) is 0 Å². The van der Waals surface area contributed by atoms with E-state index in [1.54, 1.807) is 12.4 Å². The van der Waals surface area contributed by atoms with Gasteiger partial charge in [-0.1, -0.05) is 18.2 Å². The lowest BCUT2D eigenvalue weighted by Crippen LogP contribution is -2.25. The summed E-state index contributed by atoms with van der Waals surface area (Å²) in [6, 6.07) is 10.0. The minimum absolute atomic E-state index is 0.131.